The number of amides is 1. The summed E-state index contributed by atoms with van der Waals surface area (Å²) in [5.41, 5.74) is 5.33. The van der Waals surface area contributed by atoms with Crippen LogP contribution in [0.1, 0.15) is 17.0 Å². The smallest absolute Gasteiger partial charge is 0.285 e. The largest absolute Gasteiger partial charge is 0.496 e. The molecule has 1 N–H and O–H groups in total. The fourth-order valence-electron chi connectivity index (χ4n) is 2.37. The lowest BCUT2D eigenvalue weighted by atomic mass is 10.2. The molecular weight excluding hydrogens is 356 g/mol. The summed E-state index contributed by atoms with van der Waals surface area (Å²) in [7, 11) is 1.59. The lowest BCUT2D eigenvalue weighted by molar-refractivity contribution is -0.121. The maximum atomic E-state index is 12.7. The van der Waals surface area contributed by atoms with Gasteiger partial charge in [-0.2, -0.15) is 5.01 Å². The molecule has 25 heavy (non-hydrogen) atoms. The van der Waals surface area contributed by atoms with Crippen LogP contribution in [0.25, 0.3) is 6.08 Å². The number of carbonyl (C=O) groups excluding carboxylic acids is 1. The number of methoxy groups -OCH3 is 1. The van der Waals surface area contributed by atoms with Crippen LogP contribution in [0, 0.1) is 13.8 Å². The van der Waals surface area contributed by atoms with Crippen LogP contribution in [0.4, 0.5) is 5.95 Å². The Morgan fingerprint density at radius 3 is 2.60 bits per heavy atom. The van der Waals surface area contributed by atoms with Gasteiger partial charge in [-0.1, -0.05) is 30.0 Å². The number of aromatic nitrogens is 2. The molecule has 128 valence electrons. The molecule has 1 fully saturated rings. The maximum absolute atomic E-state index is 12.7. The van der Waals surface area contributed by atoms with E-state index in [-0.39, 0.29) is 5.91 Å². The summed E-state index contributed by atoms with van der Waals surface area (Å²) in [5.74, 6) is 0.786. The van der Waals surface area contributed by atoms with Gasteiger partial charge < -0.3 is 4.74 Å². The number of anilines is 1. The third-order valence-corrected chi connectivity index (χ3v) is 4.72. The third kappa shape index (κ3) is 3.80. The quantitative estimate of drug-likeness (QED) is 0.652. The van der Waals surface area contributed by atoms with Gasteiger partial charge in [0.05, 0.1) is 12.0 Å². The number of rotatable bonds is 4. The number of ether oxygens (including phenoxy) is 1. The first kappa shape index (κ1) is 17.4. The fourth-order valence-corrected chi connectivity index (χ4v) is 3.54. The molecule has 0 aliphatic carbocycles. The van der Waals surface area contributed by atoms with Crippen molar-refractivity contribution < 1.29 is 9.53 Å². The van der Waals surface area contributed by atoms with E-state index < -0.39 is 0 Å². The van der Waals surface area contributed by atoms with Crippen LogP contribution < -0.4 is 10.2 Å². The maximum Gasteiger partial charge on any atom is 0.285 e. The van der Waals surface area contributed by atoms with Crippen LogP contribution in [0.2, 0.25) is 0 Å². The molecule has 3 rings (SSSR count). The first-order chi connectivity index (χ1) is 12.0. The Kier molecular flexibility index (Phi) is 5.00. The molecule has 6 nitrogen and oxygen atoms in total. The third-order valence-electron chi connectivity index (χ3n) is 3.41. The molecule has 0 bridgehead atoms. The van der Waals surface area contributed by atoms with Gasteiger partial charge in [0.1, 0.15) is 5.75 Å². The van der Waals surface area contributed by atoms with Gasteiger partial charge in [-0.05, 0) is 44.3 Å². The van der Waals surface area contributed by atoms with Gasteiger partial charge in [0.25, 0.3) is 5.91 Å². The number of hydrazine groups is 1. The van der Waals surface area contributed by atoms with Gasteiger partial charge in [0.15, 0.2) is 4.32 Å². The Labute approximate surface area is 155 Å². The molecule has 0 radical (unpaired) electrons. The van der Waals surface area contributed by atoms with Gasteiger partial charge in [0, 0.05) is 17.0 Å². The predicted molar refractivity (Wildman–Crippen MR) is 103 cm³/mol. The van der Waals surface area contributed by atoms with E-state index in [1.54, 1.807) is 13.2 Å². The minimum Gasteiger partial charge on any atom is -0.496 e. The highest BCUT2D eigenvalue weighted by Crippen LogP contribution is 2.34. The van der Waals surface area contributed by atoms with E-state index in [4.69, 9.17) is 17.0 Å². The van der Waals surface area contributed by atoms with Crippen molar-refractivity contribution in [3.8, 4) is 5.75 Å². The molecule has 0 unspecified atom stereocenters. The highest BCUT2D eigenvalue weighted by Gasteiger charge is 2.33. The molecule has 1 aliphatic heterocycles. The van der Waals surface area contributed by atoms with Gasteiger partial charge in [-0.3, -0.25) is 10.2 Å². The minimum absolute atomic E-state index is 0.247. The predicted octanol–water partition coefficient (Wildman–Crippen LogP) is 3.33. The van der Waals surface area contributed by atoms with E-state index in [0.717, 1.165) is 17.0 Å². The second-order valence-electron chi connectivity index (χ2n) is 5.35. The molecule has 1 aromatic heterocycles. The van der Waals surface area contributed by atoms with Gasteiger partial charge >= 0.3 is 0 Å². The topological polar surface area (TPSA) is 67.3 Å². The number of hydrogen-bond donors (Lipinski definition) is 1. The average Bonchev–Trinajstić information content (AvgIpc) is 2.82. The number of nitrogens with one attached hydrogen (secondary N) is 1. The summed E-state index contributed by atoms with van der Waals surface area (Å²) >= 11 is 6.53. The molecule has 1 aromatic carbocycles. The Morgan fingerprint density at radius 1 is 1.24 bits per heavy atom. The first-order valence-corrected chi connectivity index (χ1v) is 8.70. The number of hydrogen-bond acceptors (Lipinski definition) is 7. The average molecular weight is 372 g/mol. The van der Waals surface area contributed by atoms with Gasteiger partial charge in [-0.25, -0.2) is 9.97 Å². The molecule has 0 spiro atoms. The van der Waals surface area contributed by atoms with E-state index in [0.29, 0.717) is 20.9 Å². The summed E-state index contributed by atoms with van der Waals surface area (Å²) in [4.78, 5) is 21.7. The zero-order valence-corrected chi connectivity index (χ0v) is 15.6. The van der Waals surface area contributed by atoms with Crippen LogP contribution in [0.3, 0.4) is 0 Å². The molecule has 1 amide bonds. The van der Waals surface area contributed by atoms with Crippen molar-refractivity contribution in [2.75, 3.05) is 12.5 Å². The normalized spacial score (nSPS) is 15.8. The summed E-state index contributed by atoms with van der Waals surface area (Å²) in [6.45, 7) is 3.73. The molecule has 0 atom stereocenters. The number of para-hydroxylation sites is 1. The minimum atomic E-state index is -0.247. The van der Waals surface area contributed by atoms with Crippen LogP contribution in [0.15, 0.2) is 35.2 Å². The second-order valence-corrected chi connectivity index (χ2v) is 7.02. The number of aryl methyl sites for hydroxylation is 2. The van der Waals surface area contributed by atoms with Gasteiger partial charge in [-0.15, -0.1) is 0 Å². The number of thiocarbonyl (C=S) groups is 1. The Morgan fingerprint density at radius 2 is 1.92 bits per heavy atom. The van der Waals surface area contributed by atoms with E-state index in [1.165, 1.54) is 16.8 Å². The van der Waals surface area contributed by atoms with Crippen LogP contribution >= 0.6 is 24.0 Å². The van der Waals surface area contributed by atoms with E-state index in [9.17, 15) is 4.79 Å². The molecule has 0 saturated carbocycles. The summed E-state index contributed by atoms with van der Waals surface area (Å²) in [5, 5.41) is 1.29. The summed E-state index contributed by atoms with van der Waals surface area (Å²) in [6.07, 6.45) is 1.77. The standard InChI is InChI=1S/C17H16N4O2S2/c1-10-8-11(2)19-16(18-10)20-21-15(22)14(25-17(21)24)9-12-6-4-5-7-13(12)23-3/h4-9H,1-3H3,(H,18,19,20)/b14-9+. The van der Waals surface area contributed by atoms with Crippen LogP contribution in [-0.2, 0) is 4.79 Å². The number of thioether (sulfide) groups is 1. The highest BCUT2D eigenvalue weighted by molar-refractivity contribution is 8.26. The summed E-state index contributed by atoms with van der Waals surface area (Å²) in [6, 6.07) is 9.34. The van der Waals surface area contributed by atoms with Crippen LogP contribution in [-0.4, -0.2) is 32.3 Å². The number of benzene rings is 1. The second kappa shape index (κ2) is 7.20. The molecule has 8 heteroatoms. The lowest BCUT2D eigenvalue weighted by Crippen LogP contribution is -2.34. The van der Waals surface area contributed by atoms with Gasteiger partial charge in [0.2, 0.25) is 5.95 Å². The van der Waals surface area contributed by atoms with E-state index >= 15 is 0 Å². The Bertz CT molecular complexity index is 862. The van der Waals surface area contributed by atoms with E-state index in [2.05, 4.69) is 15.4 Å². The Hall–Kier alpha value is -2.45. The van der Waals surface area contributed by atoms with Crippen LogP contribution in [0.5, 0.6) is 5.75 Å². The fraction of sp³-hybridized carbons (Fsp3) is 0.176. The molecule has 2 heterocycles. The molecule has 1 saturated heterocycles. The van der Waals surface area contributed by atoms with Crippen molar-refractivity contribution in [2.24, 2.45) is 0 Å². The zero-order valence-electron chi connectivity index (χ0n) is 13.9. The number of carbonyl (C=O) groups is 1. The monoisotopic (exact) mass is 372 g/mol. The number of nitrogens with zero attached hydrogens (tertiary/aromatic N) is 3. The zero-order chi connectivity index (χ0) is 18.0. The Balaban J connectivity index is 1.86. The molecular formula is C17H16N4O2S2. The first-order valence-electron chi connectivity index (χ1n) is 7.48. The summed E-state index contributed by atoms with van der Waals surface area (Å²) < 4.78 is 5.72. The molecule has 2 aromatic rings. The van der Waals surface area contributed by atoms with E-state index in [1.807, 2.05) is 44.2 Å². The van der Waals surface area contributed by atoms with Crippen molar-refractivity contribution >= 4 is 46.2 Å². The highest BCUT2D eigenvalue weighted by atomic mass is 32.2. The van der Waals surface area contributed by atoms with Crippen molar-refractivity contribution in [3.05, 3.63) is 52.2 Å². The molecule has 1 aliphatic rings. The lowest BCUT2D eigenvalue weighted by Gasteiger charge is -2.16. The van der Waals surface area contributed by atoms with Crippen molar-refractivity contribution in [1.29, 1.82) is 0 Å². The van der Waals surface area contributed by atoms with Crippen molar-refractivity contribution in [1.82, 2.24) is 15.0 Å². The SMILES string of the molecule is COc1ccccc1/C=C1/SC(=S)N(Nc2nc(C)cc(C)n2)C1=O. The van der Waals surface area contributed by atoms with Crippen molar-refractivity contribution in [2.45, 2.75) is 13.8 Å². The van der Waals surface area contributed by atoms with Crippen molar-refractivity contribution in [3.63, 3.8) is 0 Å².